The fourth-order valence-electron chi connectivity index (χ4n) is 1.59. The fraction of sp³-hybridized carbons (Fsp3) is 0.357. The first-order valence-electron chi connectivity index (χ1n) is 6.39. The highest BCUT2D eigenvalue weighted by Gasteiger charge is 2.12. The van der Waals surface area contributed by atoms with Crippen molar-refractivity contribution in [3.8, 4) is 0 Å². The summed E-state index contributed by atoms with van der Waals surface area (Å²) < 4.78 is 4.95. The molecule has 0 aliphatic carbocycles. The maximum absolute atomic E-state index is 12.1. The second-order valence-electron chi connectivity index (χ2n) is 4.27. The molecule has 0 bridgehead atoms. The molecule has 0 aliphatic rings. The molecule has 0 unspecified atom stereocenters. The number of amides is 2. The summed E-state index contributed by atoms with van der Waals surface area (Å²) in [5.41, 5.74) is 0.934. The van der Waals surface area contributed by atoms with Crippen molar-refractivity contribution in [1.82, 2.24) is 9.88 Å². The number of anilines is 1. The number of ether oxygens (including phenoxy) is 1. The molecule has 7 nitrogen and oxygen atoms in total. The zero-order valence-corrected chi connectivity index (χ0v) is 11.9. The lowest BCUT2D eigenvalue weighted by atomic mass is 10.2. The highest BCUT2D eigenvalue weighted by Crippen LogP contribution is 2.08. The smallest absolute Gasteiger partial charge is 0.322 e. The molecule has 0 saturated heterocycles. The first kappa shape index (κ1) is 16.6. The van der Waals surface area contributed by atoms with E-state index in [0.717, 1.165) is 0 Å². The average molecular weight is 293 g/mol. The number of hydrogen-bond donors (Lipinski definition) is 2. The first-order chi connectivity index (χ1) is 10.1. The molecule has 1 heterocycles. The summed E-state index contributed by atoms with van der Waals surface area (Å²) >= 11 is 0. The van der Waals surface area contributed by atoms with Gasteiger partial charge in [-0.25, -0.2) is 4.79 Å². The molecule has 0 aliphatic heterocycles. The number of hydrogen-bond acceptors (Lipinski definition) is 4. The maximum Gasteiger partial charge on any atom is 0.322 e. The summed E-state index contributed by atoms with van der Waals surface area (Å²) in [5, 5.41) is 11.3. The van der Waals surface area contributed by atoms with E-state index in [-0.39, 0.29) is 12.5 Å². The second-order valence-corrected chi connectivity index (χ2v) is 4.27. The number of aromatic nitrogens is 1. The predicted molar refractivity (Wildman–Crippen MR) is 78.2 cm³/mol. The third-order valence-electron chi connectivity index (χ3n) is 2.61. The summed E-state index contributed by atoms with van der Waals surface area (Å²) in [6.45, 7) is 4.88. The van der Waals surface area contributed by atoms with Gasteiger partial charge in [0.2, 0.25) is 0 Å². The van der Waals surface area contributed by atoms with Crippen LogP contribution < -0.4 is 5.32 Å². The minimum absolute atomic E-state index is 0.148. The van der Waals surface area contributed by atoms with E-state index in [1.165, 1.54) is 6.20 Å². The molecule has 0 saturated carbocycles. The largest absolute Gasteiger partial charge is 0.481 e. The summed E-state index contributed by atoms with van der Waals surface area (Å²) in [7, 11) is 1.56. The van der Waals surface area contributed by atoms with Crippen LogP contribution in [0.2, 0.25) is 0 Å². The molecule has 0 fully saturated rings. The van der Waals surface area contributed by atoms with E-state index >= 15 is 0 Å². The number of carbonyl (C=O) groups is 2. The van der Waals surface area contributed by atoms with Gasteiger partial charge >= 0.3 is 12.0 Å². The minimum atomic E-state index is -0.948. The number of pyridine rings is 1. The summed E-state index contributed by atoms with van der Waals surface area (Å²) in [6.07, 6.45) is 2.91. The molecular formula is C14H19N3O4. The minimum Gasteiger partial charge on any atom is -0.481 e. The summed E-state index contributed by atoms with van der Waals surface area (Å²) in [5.74, 6) is -0.948. The van der Waals surface area contributed by atoms with Gasteiger partial charge in [0, 0.05) is 20.2 Å². The van der Waals surface area contributed by atoms with Crippen molar-refractivity contribution in [1.29, 1.82) is 0 Å². The average Bonchev–Trinajstić information content (AvgIpc) is 2.45. The number of nitrogens with one attached hydrogen (secondary N) is 1. The first-order valence-corrected chi connectivity index (χ1v) is 6.39. The van der Waals surface area contributed by atoms with Gasteiger partial charge in [0.25, 0.3) is 0 Å². The Labute approximate surface area is 123 Å². The Morgan fingerprint density at radius 1 is 1.52 bits per heavy atom. The van der Waals surface area contributed by atoms with Crippen molar-refractivity contribution in [3.63, 3.8) is 0 Å². The zero-order chi connectivity index (χ0) is 15.7. The molecular weight excluding hydrogens is 274 g/mol. The monoisotopic (exact) mass is 293 g/mol. The predicted octanol–water partition coefficient (Wildman–Crippen LogP) is 1.38. The van der Waals surface area contributed by atoms with Crippen LogP contribution in [-0.4, -0.2) is 53.8 Å². The van der Waals surface area contributed by atoms with Crippen LogP contribution in [0, 0.1) is 0 Å². The van der Waals surface area contributed by atoms with Gasteiger partial charge in [0.15, 0.2) is 0 Å². The van der Waals surface area contributed by atoms with Crippen LogP contribution in [0.3, 0.4) is 0 Å². The number of nitrogens with zero attached hydrogens (tertiary/aromatic N) is 2. The van der Waals surface area contributed by atoms with Crippen molar-refractivity contribution >= 4 is 17.7 Å². The number of carboxylic acids is 1. The Morgan fingerprint density at radius 2 is 2.29 bits per heavy atom. The molecule has 2 N–H and O–H groups in total. The van der Waals surface area contributed by atoms with Gasteiger partial charge in [-0.3, -0.25) is 9.78 Å². The number of methoxy groups -OCH3 is 1. The van der Waals surface area contributed by atoms with Crippen LogP contribution in [0.25, 0.3) is 0 Å². The Balaban J connectivity index is 2.62. The van der Waals surface area contributed by atoms with Crippen LogP contribution >= 0.6 is 0 Å². The third-order valence-corrected chi connectivity index (χ3v) is 2.61. The van der Waals surface area contributed by atoms with Crippen molar-refractivity contribution in [2.24, 2.45) is 0 Å². The molecule has 0 atom stereocenters. The normalized spacial score (nSPS) is 9.95. The number of carbonyl (C=O) groups excluding carboxylic acids is 1. The van der Waals surface area contributed by atoms with Crippen LogP contribution in [0.1, 0.15) is 5.69 Å². The molecule has 114 valence electrons. The molecule has 0 aromatic carbocycles. The maximum atomic E-state index is 12.1. The molecule has 7 heteroatoms. The topological polar surface area (TPSA) is 91.8 Å². The molecule has 1 aromatic rings. The van der Waals surface area contributed by atoms with E-state index in [1.807, 2.05) is 0 Å². The molecule has 1 rings (SSSR count). The quantitative estimate of drug-likeness (QED) is 0.706. The van der Waals surface area contributed by atoms with Crippen LogP contribution in [-0.2, 0) is 16.0 Å². The number of urea groups is 1. The Morgan fingerprint density at radius 3 is 2.81 bits per heavy atom. The van der Waals surface area contributed by atoms with Crippen molar-refractivity contribution in [2.45, 2.75) is 6.42 Å². The Kier molecular flexibility index (Phi) is 6.90. The highest BCUT2D eigenvalue weighted by atomic mass is 16.5. The Hall–Kier alpha value is -2.41. The third kappa shape index (κ3) is 6.05. The zero-order valence-electron chi connectivity index (χ0n) is 11.9. The Bertz CT molecular complexity index is 487. The number of aliphatic carboxylic acids is 1. The lowest BCUT2D eigenvalue weighted by Gasteiger charge is -2.21. The van der Waals surface area contributed by atoms with Crippen LogP contribution in [0.4, 0.5) is 10.5 Å². The molecule has 0 spiro atoms. The lowest BCUT2D eigenvalue weighted by molar-refractivity contribution is -0.136. The van der Waals surface area contributed by atoms with Crippen LogP contribution in [0.5, 0.6) is 0 Å². The van der Waals surface area contributed by atoms with Gasteiger partial charge in [-0.2, -0.15) is 0 Å². The van der Waals surface area contributed by atoms with E-state index in [2.05, 4.69) is 16.9 Å². The summed E-state index contributed by atoms with van der Waals surface area (Å²) in [4.78, 5) is 28.1. The van der Waals surface area contributed by atoms with E-state index in [4.69, 9.17) is 9.84 Å². The molecule has 2 amide bonds. The van der Waals surface area contributed by atoms with Crippen molar-refractivity contribution in [2.75, 3.05) is 32.1 Å². The van der Waals surface area contributed by atoms with Gasteiger partial charge in [0.1, 0.15) is 0 Å². The molecule has 21 heavy (non-hydrogen) atoms. The summed E-state index contributed by atoms with van der Waals surface area (Å²) in [6, 6.07) is 2.89. The van der Waals surface area contributed by atoms with Gasteiger partial charge in [-0.05, 0) is 12.1 Å². The fourth-order valence-corrected chi connectivity index (χ4v) is 1.59. The second kappa shape index (κ2) is 8.70. The van der Waals surface area contributed by atoms with Gasteiger partial charge in [-0.15, -0.1) is 6.58 Å². The van der Waals surface area contributed by atoms with E-state index in [0.29, 0.717) is 31.1 Å². The number of rotatable bonds is 8. The van der Waals surface area contributed by atoms with Gasteiger partial charge in [-0.1, -0.05) is 6.08 Å². The van der Waals surface area contributed by atoms with Crippen molar-refractivity contribution < 1.29 is 19.4 Å². The standard InChI is InChI=1S/C14H19N3O4/c1-3-6-17(7-8-21-2)14(20)16-12-5-4-11(15-10-12)9-13(18)19/h3-5,10H,1,6-9H2,2H3,(H,16,20)(H,18,19). The van der Waals surface area contributed by atoms with E-state index in [9.17, 15) is 9.59 Å². The SMILES string of the molecule is C=CCN(CCOC)C(=O)Nc1ccc(CC(=O)O)nc1. The highest BCUT2D eigenvalue weighted by molar-refractivity contribution is 5.89. The van der Waals surface area contributed by atoms with Gasteiger partial charge < -0.3 is 20.1 Å². The lowest BCUT2D eigenvalue weighted by Crippen LogP contribution is -2.37. The van der Waals surface area contributed by atoms with Crippen LogP contribution in [0.15, 0.2) is 31.0 Å². The van der Waals surface area contributed by atoms with E-state index < -0.39 is 5.97 Å². The van der Waals surface area contributed by atoms with Crippen molar-refractivity contribution in [3.05, 3.63) is 36.7 Å². The molecule has 0 radical (unpaired) electrons. The van der Waals surface area contributed by atoms with Gasteiger partial charge in [0.05, 0.1) is 30.6 Å². The van der Waals surface area contributed by atoms with E-state index in [1.54, 1.807) is 30.2 Å². The number of carboxylic acid groups (broad SMARTS) is 1. The molecule has 1 aromatic heterocycles.